The van der Waals surface area contributed by atoms with E-state index in [9.17, 15) is 4.79 Å². The van der Waals surface area contributed by atoms with Crippen molar-refractivity contribution in [1.82, 2.24) is 15.0 Å². The maximum Gasteiger partial charge on any atom is 0.282 e. The predicted molar refractivity (Wildman–Crippen MR) is 119 cm³/mol. The Balaban J connectivity index is 1.43. The van der Waals surface area contributed by atoms with Crippen LogP contribution in [0.25, 0.3) is 21.8 Å². The second-order valence-corrected chi connectivity index (χ2v) is 7.25. The molecule has 8 heteroatoms. The first-order valence-corrected chi connectivity index (χ1v) is 9.73. The smallest absolute Gasteiger partial charge is 0.282 e. The molecule has 0 spiro atoms. The summed E-state index contributed by atoms with van der Waals surface area (Å²) in [5.74, 6) is 1.24. The van der Waals surface area contributed by atoms with Gasteiger partial charge in [-0.1, -0.05) is 23.7 Å². The lowest BCUT2D eigenvalue weighted by Crippen LogP contribution is -2.22. The first-order valence-electron chi connectivity index (χ1n) is 9.35. The van der Waals surface area contributed by atoms with Crippen LogP contribution in [-0.2, 0) is 0 Å². The summed E-state index contributed by atoms with van der Waals surface area (Å²) < 4.78 is 5.41. The third-order valence-corrected chi connectivity index (χ3v) is 5.24. The van der Waals surface area contributed by atoms with Crippen LogP contribution < -0.4 is 20.5 Å². The molecule has 29 heavy (non-hydrogen) atoms. The maximum absolute atomic E-state index is 12.1. The summed E-state index contributed by atoms with van der Waals surface area (Å²) in [7, 11) is 3.67. The number of hydrogen-bond acceptors (Lipinski definition) is 5. The number of halogens is 1. The molecule has 0 amide bonds. The Hall–Kier alpha value is -3.19. The first kappa shape index (κ1) is 19.1. The van der Waals surface area contributed by atoms with E-state index in [4.69, 9.17) is 16.3 Å². The zero-order valence-corrected chi connectivity index (χ0v) is 17.0. The van der Waals surface area contributed by atoms with Crippen LogP contribution in [0.3, 0.4) is 0 Å². The van der Waals surface area contributed by atoms with Crippen LogP contribution in [0.4, 0.5) is 11.6 Å². The molecule has 2 heterocycles. The topological polar surface area (TPSA) is 86.0 Å². The fourth-order valence-electron chi connectivity index (χ4n) is 3.40. The van der Waals surface area contributed by atoms with Crippen molar-refractivity contribution < 1.29 is 4.74 Å². The van der Waals surface area contributed by atoms with Gasteiger partial charge in [0.25, 0.3) is 5.56 Å². The molecule has 0 aliphatic heterocycles. The van der Waals surface area contributed by atoms with E-state index >= 15 is 0 Å². The van der Waals surface area contributed by atoms with Crippen molar-refractivity contribution in [1.29, 1.82) is 0 Å². The Labute approximate surface area is 172 Å². The molecule has 2 aromatic heterocycles. The minimum atomic E-state index is -0.235. The molecule has 4 rings (SSSR count). The minimum Gasteiger partial charge on any atom is -0.497 e. The highest BCUT2D eigenvalue weighted by Crippen LogP contribution is 2.34. The van der Waals surface area contributed by atoms with Gasteiger partial charge in [0.15, 0.2) is 0 Å². The molecular formula is C21H22ClN5O2. The van der Waals surface area contributed by atoms with E-state index in [0.29, 0.717) is 22.9 Å². The molecule has 0 radical (unpaired) electrons. The third-order valence-electron chi connectivity index (χ3n) is 4.93. The fraction of sp³-hybridized carbons (Fsp3) is 0.238. The second kappa shape index (κ2) is 8.05. The van der Waals surface area contributed by atoms with Gasteiger partial charge in [-0.3, -0.25) is 4.79 Å². The molecule has 0 fully saturated rings. The maximum atomic E-state index is 12.1. The lowest BCUT2D eigenvalue weighted by molar-refractivity contribution is 0.415. The number of ether oxygens (including phenoxy) is 1. The van der Waals surface area contributed by atoms with Gasteiger partial charge in [0.05, 0.1) is 34.2 Å². The number of nitrogens with one attached hydrogen (secondary N) is 3. The number of hydrogen-bond donors (Lipinski definition) is 3. The highest BCUT2D eigenvalue weighted by Gasteiger charge is 2.13. The highest BCUT2D eigenvalue weighted by molar-refractivity contribution is 6.36. The van der Waals surface area contributed by atoms with E-state index < -0.39 is 0 Å². The predicted octanol–water partition coefficient (Wildman–Crippen LogP) is 4.00. The van der Waals surface area contributed by atoms with Gasteiger partial charge in [-0.2, -0.15) is 4.98 Å². The molecule has 0 atom stereocenters. The number of benzene rings is 2. The second-order valence-electron chi connectivity index (χ2n) is 6.84. The molecule has 3 N–H and O–H groups in total. The summed E-state index contributed by atoms with van der Waals surface area (Å²) >= 11 is 6.28. The first-order chi connectivity index (χ1) is 14.1. The number of aromatic nitrogens is 3. The van der Waals surface area contributed by atoms with Crippen molar-refractivity contribution in [2.24, 2.45) is 0 Å². The minimum absolute atomic E-state index is 0.235. The molecule has 150 valence electrons. The highest BCUT2D eigenvalue weighted by atomic mass is 35.5. The van der Waals surface area contributed by atoms with Gasteiger partial charge in [0.2, 0.25) is 5.95 Å². The van der Waals surface area contributed by atoms with E-state index in [1.165, 1.54) is 0 Å². The van der Waals surface area contributed by atoms with Crippen LogP contribution in [0.1, 0.15) is 6.42 Å². The van der Waals surface area contributed by atoms with Gasteiger partial charge in [-0.25, -0.2) is 0 Å². The van der Waals surface area contributed by atoms with Crippen molar-refractivity contribution in [3.05, 3.63) is 58.0 Å². The van der Waals surface area contributed by atoms with E-state index in [2.05, 4.69) is 25.2 Å². The Morgan fingerprint density at radius 2 is 2.07 bits per heavy atom. The van der Waals surface area contributed by atoms with E-state index in [1.54, 1.807) is 19.4 Å². The lowest BCUT2D eigenvalue weighted by Gasteiger charge is -2.21. The molecule has 0 saturated heterocycles. The number of fused-ring (bicyclic) bond motifs is 2. The molecule has 0 bridgehead atoms. The van der Waals surface area contributed by atoms with Crippen molar-refractivity contribution in [3.8, 4) is 5.75 Å². The number of H-pyrrole nitrogens is 2. The summed E-state index contributed by atoms with van der Waals surface area (Å²) in [6.45, 7) is 1.47. The van der Waals surface area contributed by atoms with Crippen molar-refractivity contribution in [2.75, 3.05) is 37.5 Å². The van der Waals surface area contributed by atoms with Gasteiger partial charge in [0, 0.05) is 37.8 Å². The zero-order valence-electron chi connectivity index (χ0n) is 16.3. The largest absolute Gasteiger partial charge is 0.497 e. The average Bonchev–Trinajstić information content (AvgIpc) is 3.11. The van der Waals surface area contributed by atoms with Gasteiger partial charge in [-0.05, 0) is 24.6 Å². The summed E-state index contributed by atoms with van der Waals surface area (Å²) in [6, 6.07) is 11.3. The van der Waals surface area contributed by atoms with Gasteiger partial charge >= 0.3 is 0 Å². The number of anilines is 2. The Morgan fingerprint density at radius 3 is 2.90 bits per heavy atom. The molecule has 0 aliphatic rings. The molecule has 2 aromatic carbocycles. The monoisotopic (exact) mass is 411 g/mol. The van der Waals surface area contributed by atoms with Crippen LogP contribution in [0.15, 0.2) is 47.4 Å². The van der Waals surface area contributed by atoms with Crippen LogP contribution in [-0.4, -0.2) is 42.2 Å². The molecule has 4 aromatic rings. The van der Waals surface area contributed by atoms with Crippen LogP contribution >= 0.6 is 11.6 Å². The van der Waals surface area contributed by atoms with E-state index in [0.717, 1.165) is 40.8 Å². The zero-order chi connectivity index (χ0) is 20.4. The molecule has 7 nitrogen and oxygen atoms in total. The molecule has 0 aliphatic carbocycles. The van der Waals surface area contributed by atoms with Crippen LogP contribution in [0.5, 0.6) is 5.75 Å². The third kappa shape index (κ3) is 3.86. The average molecular weight is 412 g/mol. The van der Waals surface area contributed by atoms with Crippen LogP contribution in [0.2, 0.25) is 5.02 Å². The summed E-state index contributed by atoms with van der Waals surface area (Å²) in [6.07, 6.45) is 2.63. The van der Waals surface area contributed by atoms with E-state index in [1.807, 2.05) is 37.4 Å². The molecule has 0 unspecified atom stereocenters. The summed E-state index contributed by atoms with van der Waals surface area (Å²) in [4.78, 5) is 24.7. The summed E-state index contributed by atoms with van der Waals surface area (Å²) in [5.41, 5.74) is 2.53. The van der Waals surface area contributed by atoms with Crippen molar-refractivity contribution in [3.63, 3.8) is 0 Å². The van der Waals surface area contributed by atoms with Crippen molar-refractivity contribution >= 4 is 45.0 Å². The summed E-state index contributed by atoms with van der Waals surface area (Å²) in [5, 5.41) is 5.39. The number of rotatable bonds is 7. The van der Waals surface area contributed by atoms with Gasteiger partial charge in [-0.15, -0.1) is 0 Å². The SMILES string of the molecule is COc1cc(N(C)CCCNc2nc(=O)c3ccccc3[nH]2)c2[nH]cc(Cl)c2c1. The normalized spacial score (nSPS) is 11.1. The van der Waals surface area contributed by atoms with E-state index in [-0.39, 0.29) is 5.56 Å². The van der Waals surface area contributed by atoms with Crippen LogP contribution in [0, 0.1) is 0 Å². The standard InChI is InChI=1S/C21H22ClN5O2/c1-27(18-11-13(29-2)10-15-16(22)12-24-19(15)18)9-5-8-23-21-25-17-7-4-3-6-14(17)20(28)26-21/h3-4,6-7,10-12,24H,5,8-9H2,1-2H3,(H2,23,25,26,28). The number of nitrogens with zero attached hydrogens (tertiary/aromatic N) is 2. The Morgan fingerprint density at radius 1 is 1.24 bits per heavy atom. The van der Waals surface area contributed by atoms with Crippen molar-refractivity contribution in [2.45, 2.75) is 6.42 Å². The molecule has 0 saturated carbocycles. The lowest BCUT2D eigenvalue weighted by atomic mass is 10.2. The Kier molecular flexibility index (Phi) is 5.31. The fourth-order valence-corrected chi connectivity index (χ4v) is 3.60. The molecular weight excluding hydrogens is 390 g/mol. The van der Waals surface area contributed by atoms with Gasteiger partial charge in [0.1, 0.15) is 5.75 Å². The number of methoxy groups -OCH3 is 1. The number of para-hydroxylation sites is 1. The quantitative estimate of drug-likeness (QED) is 0.400. The van der Waals surface area contributed by atoms with Gasteiger partial charge < -0.3 is 24.9 Å². The number of aromatic amines is 2. The Bertz CT molecular complexity index is 1220.